The molecule has 0 bridgehead atoms. The molecule has 0 aliphatic rings. The monoisotopic (exact) mass is 367 g/mol. The molecule has 0 saturated carbocycles. The van der Waals surface area contributed by atoms with E-state index in [-0.39, 0.29) is 18.9 Å². The number of rotatable bonds is 7. The fraction of sp³-hybridized carbons (Fsp3) is 0.250. The standard InChI is InChI=1S/C16H18ClN3O3S/c1-24(22,23)20(15-7-5-13(17)6-8-15)11-9-16(21)19-12-14-4-2-3-10-18-14/h2-8,10H,9,11-12H2,1H3,(H,19,21). The number of sulfonamides is 1. The van der Waals surface area contributed by atoms with Gasteiger partial charge in [0.2, 0.25) is 15.9 Å². The summed E-state index contributed by atoms with van der Waals surface area (Å²) in [6.45, 7) is 0.355. The largest absolute Gasteiger partial charge is 0.350 e. The maximum absolute atomic E-state index is 12.0. The van der Waals surface area contributed by atoms with Crippen molar-refractivity contribution in [3.63, 3.8) is 0 Å². The molecule has 0 fully saturated rings. The van der Waals surface area contributed by atoms with Gasteiger partial charge in [-0.25, -0.2) is 8.42 Å². The highest BCUT2D eigenvalue weighted by Gasteiger charge is 2.18. The second kappa shape index (κ2) is 8.12. The van der Waals surface area contributed by atoms with Crippen LogP contribution in [0.25, 0.3) is 0 Å². The molecule has 0 aliphatic heterocycles. The van der Waals surface area contributed by atoms with Crippen LogP contribution in [-0.4, -0.2) is 32.1 Å². The van der Waals surface area contributed by atoms with Gasteiger partial charge in [-0.3, -0.25) is 14.1 Å². The van der Waals surface area contributed by atoms with Crippen LogP contribution in [0, 0.1) is 0 Å². The molecule has 0 radical (unpaired) electrons. The molecule has 0 spiro atoms. The quantitative estimate of drug-likeness (QED) is 0.813. The summed E-state index contributed by atoms with van der Waals surface area (Å²) in [4.78, 5) is 16.1. The van der Waals surface area contributed by atoms with Gasteiger partial charge in [-0.05, 0) is 36.4 Å². The van der Waals surface area contributed by atoms with Gasteiger partial charge in [0.15, 0.2) is 0 Å². The van der Waals surface area contributed by atoms with E-state index >= 15 is 0 Å². The van der Waals surface area contributed by atoms with E-state index in [2.05, 4.69) is 10.3 Å². The van der Waals surface area contributed by atoms with E-state index in [4.69, 9.17) is 11.6 Å². The first-order chi connectivity index (χ1) is 11.4. The third kappa shape index (κ3) is 5.50. The molecule has 2 rings (SSSR count). The van der Waals surface area contributed by atoms with E-state index in [1.54, 1.807) is 42.6 Å². The van der Waals surface area contributed by atoms with Crippen molar-refractivity contribution in [3.8, 4) is 0 Å². The first-order valence-electron chi connectivity index (χ1n) is 7.26. The zero-order valence-electron chi connectivity index (χ0n) is 13.1. The van der Waals surface area contributed by atoms with Crippen LogP contribution in [0.4, 0.5) is 5.69 Å². The SMILES string of the molecule is CS(=O)(=O)N(CCC(=O)NCc1ccccn1)c1ccc(Cl)cc1. The lowest BCUT2D eigenvalue weighted by Crippen LogP contribution is -2.34. The van der Waals surface area contributed by atoms with Crippen LogP contribution < -0.4 is 9.62 Å². The summed E-state index contributed by atoms with van der Waals surface area (Å²) < 4.78 is 25.1. The van der Waals surface area contributed by atoms with Gasteiger partial charge < -0.3 is 5.32 Å². The molecule has 0 atom stereocenters. The number of carbonyl (C=O) groups is 1. The highest BCUT2D eigenvalue weighted by molar-refractivity contribution is 7.92. The van der Waals surface area contributed by atoms with Crippen molar-refractivity contribution in [1.29, 1.82) is 0 Å². The summed E-state index contributed by atoms with van der Waals surface area (Å²) in [5.41, 5.74) is 1.21. The molecule has 128 valence electrons. The second-order valence-corrected chi connectivity index (χ2v) is 7.50. The predicted octanol–water partition coefficient (Wildman–Crippen LogP) is 2.21. The second-order valence-electron chi connectivity index (χ2n) is 5.16. The van der Waals surface area contributed by atoms with Gasteiger partial charge in [-0.2, -0.15) is 0 Å². The van der Waals surface area contributed by atoms with Gasteiger partial charge in [-0.15, -0.1) is 0 Å². The van der Waals surface area contributed by atoms with Crippen molar-refractivity contribution < 1.29 is 13.2 Å². The number of carbonyl (C=O) groups excluding carboxylic acids is 1. The average molecular weight is 368 g/mol. The molecule has 0 aliphatic carbocycles. The number of amides is 1. The Balaban J connectivity index is 1.95. The number of hydrogen-bond donors (Lipinski definition) is 1. The lowest BCUT2D eigenvalue weighted by molar-refractivity contribution is -0.121. The van der Waals surface area contributed by atoms with Gasteiger partial charge in [0.25, 0.3) is 0 Å². The van der Waals surface area contributed by atoms with E-state index in [1.165, 1.54) is 4.31 Å². The number of nitrogens with one attached hydrogen (secondary N) is 1. The lowest BCUT2D eigenvalue weighted by atomic mass is 10.3. The summed E-state index contributed by atoms with van der Waals surface area (Å²) in [7, 11) is -3.50. The minimum Gasteiger partial charge on any atom is -0.350 e. The molecule has 1 heterocycles. The summed E-state index contributed by atoms with van der Waals surface area (Å²) in [5, 5.41) is 3.24. The lowest BCUT2D eigenvalue weighted by Gasteiger charge is -2.22. The fourth-order valence-corrected chi connectivity index (χ4v) is 3.13. The van der Waals surface area contributed by atoms with Crippen molar-refractivity contribution >= 4 is 33.2 Å². The van der Waals surface area contributed by atoms with Crippen molar-refractivity contribution in [2.24, 2.45) is 0 Å². The number of hydrogen-bond acceptors (Lipinski definition) is 4. The van der Waals surface area contributed by atoms with Crippen LogP contribution in [-0.2, 0) is 21.4 Å². The number of halogens is 1. The molecule has 1 aromatic carbocycles. The third-order valence-corrected chi connectivity index (χ3v) is 4.70. The maximum atomic E-state index is 12.0. The molecule has 24 heavy (non-hydrogen) atoms. The smallest absolute Gasteiger partial charge is 0.232 e. The average Bonchev–Trinajstić information content (AvgIpc) is 2.54. The van der Waals surface area contributed by atoms with Crippen LogP contribution in [0.15, 0.2) is 48.7 Å². The summed E-state index contributed by atoms with van der Waals surface area (Å²) in [6.07, 6.45) is 2.79. The molecule has 1 amide bonds. The Bertz CT molecular complexity index is 780. The summed E-state index contributed by atoms with van der Waals surface area (Å²) in [6, 6.07) is 11.9. The van der Waals surface area contributed by atoms with Crippen LogP contribution in [0.1, 0.15) is 12.1 Å². The predicted molar refractivity (Wildman–Crippen MR) is 94.3 cm³/mol. The molecule has 2 aromatic rings. The number of nitrogens with zero attached hydrogens (tertiary/aromatic N) is 2. The molecule has 0 saturated heterocycles. The molecule has 0 unspecified atom stereocenters. The minimum absolute atomic E-state index is 0.0442. The summed E-state index contributed by atoms with van der Waals surface area (Å²) >= 11 is 5.82. The number of benzene rings is 1. The Morgan fingerprint density at radius 3 is 2.50 bits per heavy atom. The number of pyridine rings is 1. The maximum Gasteiger partial charge on any atom is 0.232 e. The van der Waals surface area contributed by atoms with Crippen molar-refractivity contribution in [1.82, 2.24) is 10.3 Å². The first kappa shape index (κ1) is 18.2. The van der Waals surface area contributed by atoms with Crippen molar-refractivity contribution in [3.05, 3.63) is 59.4 Å². The molecule has 1 N–H and O–H groups in total. The molecule has 1 aromatic heterocycles. The molecular formula is C16H18ClN3O3S. The Kier molecular flexibility index (Phi) is 6.16. The third-order valence-electron chi connectivity index (χ3n) is 3.25. The molecular weight excluding hydrogens is 350 g/mol. The van der Waals surface area contributed by atoms with Crippen molar-refractivity contribution in [2.45, 2.75) is 13.0 Å². The highest BCUT2D eigenvalue weighted by atomic mass is 35.5. The van der Waals surface area contributed by atoms with Gasteiger partial charge in [0.05, 0.1) is 24.2 Å². The van der Waals surface area contributed by atoms with Gasteiger partial charge in [-0.1, -0.05) is 17.7 Å². The Morgan fingerprint density at radius 2 is 1.92 bits per heavy atom. The van der Waals surface area contributed by atoms with Gasteiger partial charge in [0.1, 0.15) is 0 Å². The zero-order chi connectivity index (χ0) is 17.6. The Morgan fingerprint density at radius 1 is 1.21 bits per heavy atom. The Labute approximate surface area is 146 Å². The van der Waals surface area contributed by atoms with Gasteiger partial charge >= 0.3 is 0 Å². The molecule has 8 heteroatoms. The van der Waals surface area contributed by atoms with Crippen LogP contribution in [0.3, 0.4) is 0 Å². The Hall–Kier alpha value is -2.12. The van der Waals surface area contributed by atoms with E-state index in [0.29, 0.717) is 17.3 Å². The van der Waals surface area contributed by atoms with E-state index in [9.17, 15) is 13.2 Å². The zero-order valence-corrected chi connectivity index (χ0v) is 14.7. The van der Waals surface area contributed by atoms with E-state index in [0.717, 1.165) is 11.9 Å². The summed E-state index contributed by atoms with van der Waals surface area (Å²) in [5.74, 6) is -0.247. The van der Waals surface area contributed by atoms with E-state index < -0.39 is 10.0 Å². The minimum atomic E-state index is -3.50. The normalized spacial score (nSPS) is 11.1. The van der Waals surface area contributed by atoms with Crippen LogP contribution >= 0.6 is 11.6 Å². The highest BCUT2D eigenvalue weighted by Crippen LogP contribution is 2.20. The van der Waals surface area contributed by atoms with Crippen LogP contribution in [0.2, 0.25) is 5.02 Å². The van der Waals surface area contributed by atoms with E-state index in [1.807, 2.05) is 6.07 Å². The topological polar surface area (TPSA) is 79.4 Å². The first-order valence-corrected chi connectivity index (χ1v) is 9.49. The number of aromatic nitrogens is 1. The fourth-order valence-electron chi connectivity index (χ4n) is 2.08. The molecule has 6 nitrogen and oxygen atoms in total. The van der Waals surface area contributed by atoms with Crippen LogP contribution in [0.5, 0.6) is 0 Å². The van der Waals surface area contributed by atoms with Gasteiger partial charge in [0, 0.05) is 24.2 Å². The number of anilines is 1. The van der Waals surface area contributed by atoms with Crippen molar-refractivity contribution in [2.75, 3.05) is 17.1 Å².